The van der Waals surface area contributed by atoms with E-state index in [1.54, 1.807) is 38.1 Å². The van der Waals surface area contributed by atoms with Crippen LogP contribution in [0.5, 0.6) is 11.5 Å². The van der Waals surface area contributed by atoms with Gasteiger partial charge < -0.3 is 14.6 Å². The highest BCUT2D eigenvalue weighted by molar-refractivity contribution is 6.37. The molecular weight excluding hydrogens is 451 g/mol. The third kappa shape index (κ3) is 5.58. The molecule has 2 aromatic carbocycles. The van der Waals surface area contributed by atoms with Gasteiger partial charge in [0.05, 0.1) is 15.6 Å². The molecule has 162 valence electrons. The van der Waals surface area contributed by atoms with E-state index in [0.717, 1.165) is 12.1 Å². The maximum Gasteiger partial charge on any atom is 0.461 e. The Labute approximate surface area is 179 Å². The maximum atomic E-state index is 13.1. The summed E-state index contributed by atoms with van der Waals surface area (Å²) in [4.78, 5) is 11.6. The van der Waals surface area contributed by atoms with E-state index in [4.69, 9.17) is 27.9 Å². The third-order valence-electron chi connectivity index (χ3n) is 3.86. The molecule has 0 saturated heterocycles. The second-order valence-electron chi connectivity index (χ2n) is 6.31. The zero-order chi connectivity index (χ0) is 22.6. The minimum Gasteiger partial charge on any atom is -0.489 e. The lowest BCUT2D eigenvalue weighted by molar-refractivity contribution is -0.253. The van der Waals surface area contributed by atoms with Crippen molar-refractivity contribution in [2.75, 3.05) is 0 Å². The largest absolute Gasteiger partial charge is 0.489 e. The van der Waals surface area contributed by atoms with Gasteiger partial charge in [-0.05, 0) is 25.0 Å². The number of carbonyl (C=O) groups is 1. The number of hydrogen-bond donors (Lipinski definition) is 1. The maximum absolute atomic E-state index is 13.1. The van der Waals surface area contributed by atoms with Crippen LogP contribution >= 0.6 is 23.2 Å². The Morgan fingerprint density at radius 3 is 2.20 bits per heavy atom. The van der Waals surface area contributed by atoms with Crippen molar-refractivity contribution >= 4 is 34.7 Å². The van der Waals surface area contributed by atoms with Crippen molar-refractivity contribution < 1.29 is 36.9 Å². The quantitative estimate of drug-likeness (QED) is 0.347. The van der Waals surface area contributed by atoms with Crippen LogP contribution in [0.15, 0.2) is 42.0 Å². The number of carboxylic acids is 1. The van der Waals surface area contributed by atoms with Crippen LogP contribution in [0.3, 0.4) is 0 Å². The molecule has 10 heteroatoms. The van der Waals surface area contributed by atoms with Crippen LogP contribution in [-0.4, -0.2) is 23.6 Å². The van der Waals surface area contributed by atoms with Gasteiger partial charge in [0.1, 0.15) is 12.4 Å². The van der Waals surface area contributed by atoms with Gasteiger partial charge in [0.15, 0.2) is 5.75 Å². The summed E-state index contributed by atoms with van der Waals surface area (Å²) in [6.07, 6.45) is -8.85. The summed E-state index contributed by atoms with van der Waals surface area (Å²) < 4.78 is 60.5. The number of allylic oxidation sites excluding steroid dienone is 1. The van der Waals surface area contributed by atoms with Gasteiger partial charge in [0.2, 0.25) is 0 Å². The number of ether oxygens (including phenoxy) is 2. The van der Waals surface area contributed by atoms with Gasteiger partial charge in [0.25, 0.3) is 0 Å². The van der Waals surface area contributed by atoms with Crippen LogP contribution in [0.2, 0.25) is 10.0 Å². The fraction of sp³-hybridized carbons (Fsp3) is 0.250. The first-order chi connectivity index (χ1) is 13.9. The fourth-order valence-electron chi connectivity index (χ4n) is 2.55. The van der Waals surface area contributed by atoms with Crippen molar-refractivity contribution in [1.29, 1.82) is 0 Å². The van der Waals surface area contributed by atoms with Gasteiger partial charge in [-0.1, -0.05) is 53.0 Å². The standard InChI is InChI=1S/C20H16Cl2F4O4/c1-10(2)16(18(27)28)13-6-4-3-5-11(13)9-29-12-7-14(21)17(15(22)8-12)30-20(25,26)19(23)24/h3-8,19H,9H2,1-2H3,(H,27,28). The van der Waals surface area contributed by atoms with Crippen LogP contribution in [0.4, 0.5) is 17.6 Å². The van der Waals surface area contributed by atoms with E-state index in [1.165, 1.54) is 0 Å². The lowest BCUT2D eigenvalue weighted by Crippen LogP contribution is -2.33. The van der Waals surface area contributed by atoms with E-state index in [2.05, 4.69) is 4.74 Å². The Morgan fingerprint density at radius 2 is 1.70 bits per heavy atom. The molecule has 0 saturated carbocycles. The van der Waals surface area contributed by atoms with Gasteiger partial charge in [-0.2, -0.15) is 17.6 Å². The van der Waals surface area contributed by atoms with E-state index < -0.39 is 34.3 Å². The Bertz CT molecular complexity index is 950. The van der Waals surface area contributed by atoms with Crippen LogP contribution in [0, 0.1) is 0 Å². The number of carboxylic acid groups (broad SMARTS) is 1. The summed E-state index contributed by atoms with van der Waals surface area (Å²) >= 11 is 11.7. The molecule has 2 rings (SSSR count). The van der Waals surface area contributed by atoms with Gasteiger partial charge in [0, 0.05) is 12.1 Å². The Kier molecular flexibility index (Phi) is 7.60. The lowest BCUT2D eigenvalue weighted by atomic mass is 9.97. The van der Waals surface area contributed by atoms with Crippen molar-refractivity contribution in [2.45, 2.75) is 33.0 Å². The number of benzene rings is 2. The second-order valence-corrected chi connectivity index (χ2v) is 7.12. The molecule has 0 heterocycles. The monoisotopic (exact) mass is 466 g/mol. The lowest BCUT2D eigenvalue weighted by Gasteiger charge is -2.19. The zero-order valence-corrected chi connectivity index (χ0v) is 17.2. The fourth-order valence-corrected chi connectivity index (χ4v) is 3.09. The SMILES string of the molecule is CC(C)=C(C(=O)O)c1ccccc1COc1cc(Cl)c(OC(F)(F)C(F)F)c(Cl)c1. The average molecular weight is 467 g/mol. The van der Waals surface area contributed by atoms with E-state index in [1.807, 2.05) is 0 Å². The summed E-state index contributed by atoms with van der Waals surface area (Å²) in [5, 5.41) is 8.57. The van der Waals surface area contributed by atoms with Crippen molar-refractivity contribution in [3.8, 4) is 11.5 Å². The molecule has 0 spiro atoms. The molecule has 2 aromatic rings. The summed E-state index contributed by atoms with van der Waals surface area (Å²) in [5.74, 6) is -1.87. The molecule has 0 aliphatic heterocycles. The predicted octanol–water partition coefficient (Wildman–Crippen LogP) is 6.69. The van der Waals surface area contributed by atoms with Gasteiger partial charge in [-0.25, -0.2) is 4.79 Å². The van der Waals surface area contributed by atoms with Crippen molar-refractivity contribution in [1.82, 2.24) is 0 Å². The summed E-state index contributed by atoms with van der Waals surface area (Å²) in [6.45, 7) is 3.23. The smallest absolute Gasteiger partial charge is 0.461 e. The number of rotatable bonds is 8. The highest BCUT2D eigenvalue weighted by atomic mass is 35.5. The molecule has 0 fully saturated rings. The van der Waals surface area contributed by atoms with Crippen LogP contribution < -0.4 is 9.47 Å². The normalized spacial score (nSPS) is 11.4. The Balaban J connectivity index is 2.28. The summed E-state index contributed by atoms with van der Waals surface area (Å²) in [5.41, 5.74) is 1.68. The van der Waals surface area contributed by atoms with Crippen molar-refractivity contribution in [3.63, 3.8) is 0 Å². The van der Waals surface area contributed by atoms with Crippen molar-refractivity contribution in [2.24, 2.45) is 0 Å². The molecule has 0 atom stereocenters. The molecule has 0 bridgehead atoms. The van der Waals surface area contributed by atoms with E-state index in [-0.39, 0.29) is 17.9 Å². The van der Waals surface area contributed by atoms with Crippen LogP contribution in [0.25, 0.3) is 5.57 Å². The molecule has 0 aliphatic rings. The zero-order valence-electron chi connectivity index (χ0n) is 15.7. The third-order valence-corrected chi connectivity index (χ3v) is 4.42. The minimum atomic E-state index is -4.77. The van der Waals surface area contributed by atoms with E-state index >= 15 is 0 Å². The first kappa shape index (κ1) is 23.8. The molecule has 0 aliphatic carbocycles. The van der Waals surface area contributed by atoms with E-state index in [9.17, 15) is 27.5 Å². The molecule has 0 aromatic heterocycles. The van der Waals surface area contributed by atoms with Crippen LogP contribution in [-0.2, 0) is 11.4 Å². The number of alkyl halides is 4. The summed E-state index contributed by atoms with van der Waals surface area (Å²) in [7, 11) is 0. The molecule has 1 N–H and O–H groups in total. The van der Waals surface area contributed by atoms with E-state index in [0.29, 0.717) is 16.7 Å². The molecule has 0 radical (unpaired) electrons. The van der Waals surface area contributed by atoms with Crippen LogP contribution in [0.1, 0.15) is 25.0 Å². The minimum absolute atomic E-state index is 0.0431. The molecular formula is C20H16Cl2F4O4. The first-order valence-electron chi connectivity index (χ1n) is 8.40. The number of aliphatic carboxylic acids is 1. The predicted molar refractivity (Wildman–Crippen MR) is 105 cm³/mol. The van der Waals surface area contributed by atoms with Gasteiger partial charge in [-0.15, -0.1) is 0 Å². The highest BCUT2D eigenvalue weighted by Gasteiger charge is 2.45. The molecule has 30 heavy (non-hydrogen) atoms. The second kappa shape index (κ2) is 9.57. The van der Waals surface area contributed by atoms with Gasteiger partial charge in [-0.3, -0.25) is 0 Å². The Hall–Kier alpha value is -2.45. The van der Waals surface area contributed by atoms with Gasteiger partial charge >= 0.3 is 18.5 Å². The molecule has 0 unspecified atom stereocenters. The topological polar surface area (TPSA) is 55.8 Å². The molecule has 0 amide bonds. The number of halogens is 6. The number of hydrogen-bond acceptors (Lipinski definition) is 3. The summed E-state index contributed by atoms with van der Waals surface area (Å²) in [6, 6.07) is 8.80. The average Bonchev–Trinajstić information content (AvgIpc) is 2.63. The first-order valence-corrected chi connectivity index (χ1v) is 9.15. The highest BCUT2D eigenvalue weighted by Crippen LogP contribution is 2.41. The molecule has 4 nitrogen and oxygen atoms in total. The van der Waals surface area contributed by atoms with Crippen molar-refractivity contribution in [3.05, 3.63) is 63.1 Å². The Morgan fingerprint density at radius 1 is 1.13 bits per heavy atom.